The van der Waals surface area contributed by atoms with Gasteiger partial charge in [-0.15, -0.1) is 0 Å². The second-order valence-electron chi connectivity index (χ2n) is 9.66. The maximum Gasteiger partial charge on any atom is 0.407 e. The second-order valence-corrected chi connectivity index (χ2v) is 9.66. The molecule has 1 aliphatic carbocycles. The first kappa shape index (κ1) is 25.3. The Hall–Kier alpha value is -3.35. The highest BCUT2D eigenvalue weighted by Crippen LogP contribution is 2.44. The molecule has 0 saturated carbocycles. The van der Waals surface area contributed by atoms with E-state index >= 15 is 0 Å². The molecule has 2 aromatic carbocycles. The largest absolute Gasteiger partial charge is 0.481 e. The van der Waals surface area contributed by atoms with Gasteiger partial charge in [0.1, 0.15) is 6.61 Å². The number of carboxylic acids is 1. The molecule has 1 aliphatic rings. The molecule has 2 amide bonds. The summed E-state index contributed by atoms with van der Waals surface area (Å²) in [5.41, 5.74) is 3.98. The Kier molecular flexibility index (Phi) is 7.97. The first-order valence-corrected chi connectivity index (χ1v) is 11.7. The molecule has 2 aromatic rings. The van der Waals surface area contributed by atoms with Gasteiger partial charge in [-0.1, -0.05) is 48.5 Å². The number of hydrogen-bond acceptors (Lipinski definition) is 4. The molecule has 0 heterocycles. The zero-order valence-corrected chi connectivity index (χ0v) is 20.3. The van der Waals surface area contributed by atoms with E-state index in [-0.39, 0.29) is 43.9 Å². The Morgan fingerprint density at radius 3 is 2.09 bits per heavy atom. The highest BCUT2D eigenvalue weighted by Gasteiger charge is 2.30. The highest BCUT2D eigenvalue weighted by molar-refractivity contribution is 5.79. The molecule has 0 fully saturated rings. The molecule has 0 bridgehead atoms. The Morgan fingerprint density at radius 2 is 1.56 bits per heavy atom. The number of hydrogen-bond donors (Lipinski definition) is 2. The lowest BCUT2D eigenvalue weighted by Gasteiger charge is -2.30. The standard InChI is InChI=1S/C27H34N2O5/c1-18(2)29(16-14-25(31)32)24(30)13-15-27(3,4)28-26(33)34-17-23-21-11-7-5-9-19(21)20-10-6-8-12-22(20)23/h5-12,18,23H,13-17H2,1-4H3,(H,28,33)(H,31,32). The van der Waals surface area contributed by atoms with Gasteiger partial charge < -0.3 is 20.1 Å². The molecule has 182 valence electrons. The van der Waals surface area contributed by atoms with Crippen LogP contribution in [-0.4, -0.2) is 52.7 Å². The number of amides is 2. The van der Waals surface area contributed by atoms with Gasteiger partial charge in [-0.25, -0.2) is 4.79 Å². The predicted molar refractivity (Wildman–Crippen MR) is 131 cm³/mol. The van der Waals surface area contributed by atoms with Crippen LogP contribution in [0.15, 0.2) is 48.5 Å². The summed E-state index contributed by atoms with van der Waals surface area (Å²) in [5, 5.41) is 11.8. The van der Waals surface area contributed by atoms with Gasteiger partial charge in [0.2, 0.25) is 5.91 Å². The minimum atomic E-state index is -0.935. The van der Waals surface area contributed by atoms with E-state index in [2.05, 4.69) is 29.6 Å². The molecule has 0 aromatic heterocycles. The van der Waals surface area contributed by atoms with Crippen molar-refractivity contribution in [2.45, 2.75) is 64.5 Å². The number of rotatable bonds is 10. The van der Waals surface area contributed by atoms with Gasteiger partial charge in [0.25, 0.3) is 0 Å². The number of nitrogens with one attached hydrogen (secondary N) is 1. The number of nitrogens with zero attached hydrogens (tertiary/aromatic N) is 1. The van der Waals surface area contributed by atoms with Crippen molar-refractivity contribution in [3.8, 4) is 11.1 Å². The van der Waals surface area contributed by atoms with Gasteiger partial charge in [0, 0.05) is 30.5 Å². The summed E-state index contributed by atoms with van der Waals surface area (Å²) in [6.45, 7) is 7.81. The van der Waals surface area contributed by atoms with E-state index in [1.54, 1.807) is 4.90 Å². The van der Waals surface area contributed by atoms with Crippen LogP contribution < -0.4 is 5.32 Å². The Balaban J connectivity index is 1.54. The quantitative estimate of drug-likeness (QED) is 0.525. The molecule has 0 radical (unpaired) electrons. The van der Waals surface area contributed by atoms with E-state index in [1.165, 1.54) is 11.1 Å². The van der Waals surface area contributed by atoms with E-state index in [0.717, 1.165) is 11.1 Å². The molecular weight excluding hydrogens is 432 g/mol. The van der Waals surface area contributed by atoms with E-state index in [0.29, 0.717) is 6.42 Å². The first-order valence-electron chi connectivity index (χ1n) is 11.7. The average Bonchev–Trinajstić information content (AvgIpc) is 3.09. The summed E-state index contributed by atoms with van der Waals surface area (Å²) >= 11 is 0. The van der Waals surface area contributed by atoms with Crippen molar-refractivity contribution in [3.05, 3.63) is 59.7 Å². The van der Waals surface area contributed by atoms with Crippen molar-refractivity contribution in [1.29, 1.82) is 0 Å². The fourth-order valence-electron chi connectivity index (χ4n) is 4.42. The molecule has 0 spiro atoms. The molecule has 0 atom stereocenters. The molecule has 3 rings (SSSR count). The van der Waals surface area contributed by atoms with E-state index < -0.39 is 17.6 Å². The van der Waals surface area contributed by atoms with Crippen LogP contribution in [-0.2, 0) is 14.3 Å². The summed E-state index contributed by atoms with van der Waals surface area (Å²) in [7, 11) is 0. The highest BCUT2D eigenvalue weighted by atomic mass is 16.5. The fourth-order valence-corrected chi connectivity index (χ4v) is 4.42. The molecule has 0 saturated heterocycles. The third kappa shape index (κ3) is 6.16. The van der Waals surface area contributed by atoms with Crippen molar-refractivity contribution >= 4 is 18.0 Å². The number of ether oxygens (including phenoxy) is 1. The van der Waals surface area contributed by atoms with Crippen LogP contribution >= 0.6 is 0 Å². The first-order chi connectivity index (χ1) is 16.1. The summed E-state index contributed by atoms with van der Waals surface area (Å²) in [6, 6.07) is 16.2. The van der Waals surface area contributed by atoms with Crippen LogP contribution in [0.5, 0.6) is 0 Å². The minimum Gasteiger partial charge on any atom is -0.481 e. The average molecular weight is 467 g/mol. The van der Waals surface area contributed by atoms with Crippen molar-refractivity contribution in [2.75, 3.05) is 13.2 Å². The third-order valence-electron chi connectivity index (χ3n) is 6.26. The molecule has 34 heavy (non-hydrogen) atoms. The molecule has 0 aliphatic heterocycles. The Bertz CT molecular complexity index is 1000. The second kappa shape index (κ2) is 10.7. The lowest BCUT2D eigenvalue weighted by atomic mass is 9.97. The van der Waals surface area contributed by atoms with Gasteiger partial charge in [-0.2, -0.15) is 0 Å². The van der Waals surface area contributed by atoms with Crippen LogP contribution in [0.1, 0.15) is 64.0 Å². The third-order valence-corrected chi connectivity index (χ3v) is 6.26. The Morgan fingerprint density at radius 1 is 1.00 bits per heavy atom. The lowest BCUT2D eigenvalue weighted by molar-refractivity contribution is -0.139. The van der Waals surface area contributed by atoms with E-state index in [4.69, 9.17) is 9.84 Å². The fraction of sp³-hybridized carbons (Fsp3) is 0.444. The van der Waals surface area contributed by atoms with Crippen molar-refractivity contribution in [2.24, 2.45) is 0 Å². The number of aliphatic carboxylic acids is 1. The van der Waals surface area contributed by atoms with Crippen molar-refractivity contribution < 1.29 is 24.2 Å². The zero-order chi connectivity index (χ0) is 24.9. The van der Waals surface area contributed by atoms with Crippen molar-refractivity contribution in [3.63, 3.8) is 0 Å². The monoisotopic (exact) mass is 466 g/mol. The Labute approximate surface area is 201 Å². The molecule has 7 nitrogen and oxygen atoms in total. The molecule has 2 N–H and O–H groups in total. The zero-order valence-electron chi connectivity index (χ0n) is 20.3. The van der Waals surface area contributed by atoms with E-state index in [1.807, 2.05) is 52.0 Å². The molecule has 7 heteroatoms. The van der Waals surface area contributed by atoms with Crippen LogP contribution in [0.25, 0.3) is 11.1 Å². The number of fused-ring (bicyclic) bond motifs is 3. The van der Waals surface area contributed by atoms with Gasteiger partial charge in [0.05, 0.1) is 6.42 Å². The van der Waals surface area contributed by atoms with Gasteiger partial charge >= 0.3 is 12.1 Å². The summed E-state index contributed by atoms with van der Waals surface area (Å²) in [4.78, 5) is 37.7. The van der Waals surface area contributed by atoms with Gasteiger partial charge in [0.15, 0.2) is 0 Å². The number of alkyl carbamates (subject to hydrolysis) is 1. The maximum atomic E-state index is 12.7. The van der Waals surface area contributed by atoms with Crippen molar-refractivity contribution in [1.82, 2.24) is 10.2 Å². The number of carbonyl (C=O) groups is 3. The number of carboxylic acid groups (broad SMARTS) is 1. The van der Waals surface area contributed by atoms with Crippen LogP contribution in [0, 0.1) is 0 Å². The lowest BCUT2D eigenvalue weighted by Crippen LogP contribution is -2.45. The van der Waals surface area contributed by atoms with Crippen LogP contribution in [0.3, 0.4) is 0 Å². The minimum absolute atomic E-state index is 0.0170. The topological polar surface area (TPSA) is 95.9 Å². The van der Waals surface area contributed by atoms with Gasteiger partial charge in [-0.3, -0.25) is 9.59 Å². The predicted octanol–water partition coefficient (Wildman–Crippen LogP) is 4.80. The van der Waals surface area contributed by atoms with E-state index in [9.17, 15) is 14.4 Å². The number of carbonyl (C=O) groups excluding carboxylic acids is 2. The summed E-state index contributed by atoms with van der Waals surface area (Å²) in [6.07, 6.45) is -0.00238. The summed E-state index contributed by atoms with van der Waals surface area (Å²) < 4.78 is 5.62. The molecule has 0 unspecified atom stereocenters. The van der Waals surface area contributed by atoms with Crippen LogP contribution in [0.2, 0.25) is 0 Å². The molecular formula is C27H34N2O5. The maximum absolute atomic E-state index is 12.7. The number of benzene rings is 2. The van der Waals surface area contributed by atoms with Crippen LogP contribution in [0.4, 0.5) is 4.79 Å². The summed E-state index contributed by atoms with van der Waals surface area (Å²) in [5.74, 6) is -1.08. The normalized spacial score (nSPS) is 12.7. The SMILES string of the molecule is CC(C)N(CCC(=O)O)C(=O)CCC(C)(C)NC(=O)OCC1c2ccccc2-c2ccccc21. The van der Waals surface area contributed by atoms with Gasteiger partial charge in [-0.05, 0) is 56.4 Å². The smallest absolute Gasteiger partial charge is 0.407 e.